The lowest BCUT2D eigenvalue weighted by molar-refractivity contribution is -0.124. The molecule has 2 amide bonds. The van der Waals surface area contributed by atoms with E-state index in [2.05, 4.69) is 15.5 Å². The molecule has 1 fully saturated rings. The molecule has 0 atom stereocenters. The minimum absolute atomic E-state index is 0.0176. The Kier molecular flexibility index (Phi) is 6.72. The molecule has 7 heteroatoms. The number of nitrogens with one attached hydrogen (secondary N) is 2. The summed E-state index contributed by atoms with van der Waals surface area (Å²) in [4.78, 5) is 26.5. The van der Waals surface area contributed by atoms with Gasteiger partial charge >= 0.3 is 0 Å². The van der Waals surface area contributed by atoms with Gasteiger partial charge in [-0.2, -0.15) is 0 Å². The number of likely N-dealkylation sites (tertiary alicyclic amines) is 1. The molecule has 0 unspecified atom stereocenters. The van der Waals surface area contributed by atoms with E-state index in [1.807, 2.05) is 20.8 Å². The molecule has 25 heavy (non-hydrogen) atoms. The van der Waals surface area contributed by atoms with E-state index in [4.69, 9.17) is 23.2 Å². The highest BCUT2D eigenvalue weighted by molar-refractivity contribution is 6.35. The summed E-state index contributed by atoms with van der Waals surface area (Å²) in [6.07, 6.45) is 1.45. The van der Waals surface area contributed by atoms with Gasteiger partial charge in [-0.15, -0.1) is 0 Å². The summed E-state index contributed by atoms with van der Waals surface area (Å²) in [6.45, 7) is 7.71. The first-order chi connectivity index (χ1) is 11.6. The fraction of sp³-hybridized carbons (Fsp3) is 0.556. The van der Waals surface area contributed by atoms with Crippen LogP contribution in [0.5, 0.6) is 0 Å². The normalized spacial score (nSPS) is 16.5. The third-order valence-electron chi connectivity index (χ3n) is 3.97. The van der Waals surface area contributed by atoms with Crippen molar-refractivity contribution in [3.8, 4) is 0 Å². The monoisotopic (exact) mass is 385 g/mol. The fourth-order valence-electron chi connectivity index (χ4n) is 2.88. The van der Waals surface area contributed by atoms with E-state index in [-0.39, 0.29) is 23.3 Å². The lowest BCUT2D eigenvalue weighted by Crippen LogP contribution is -2.48. The van der Waals surface area contributed by atoms with Gasteiger partial charge in [-0.3, -0.25) is 14.5 Å². The second kappa shape index (κ2) is 8.39. The number of rotatable bonds is 4. The first kappa shape index (κ1) is 20.0. The smallest absolute Gasteiger partial charge is 0.234 e. The number of amides is 2. The van der Waals surface area contributed by atoms with Crippen LogP contribution in [0.1, 0.15) is 33.6 Å². The van der Waals surface area contributed by atoms with Crippen molar-refractivity contribution in [2.75, 3.05) is 25.0 Å². The highest BCUT2D eigenvalue weighted by Gasteiger charge is 2.26. The topological polar surface area (TPSA) is 61.4 Å². The van der Waals surface area contributed by atoms with Gasteiger partial charge in [0.1, 0.15) is 0 Å². The summed E-state index contributed by atoms with van der Waals surface area (Å²) in [7, 11) is 0. The van der Waals surface area contributed by atoms with Crippen molar-refractivity contribution in [2.24, 2.45) is 5.92 Å². The second-order valence-corrected chi connectivity index (χ2v) is 8.37. The molecule has 138 valence electrons. The number of hydrogen-bond donors (Lipinski definition) is 2. The van der Waals surface area contributed by atoms with Gasteiger partial charge in [-0.1, -0.05) is 23.2 Å². The predicted molar refractivity (Wildman–Crippen MR) is 102 cm³/mol. The molecule has 0 radical (unpaired) electrons. The summed E-state index contributed by atoms with van der Waals surface area (Å²) >= 11 is 11.9. The van der Waals surface area contributed by atoms with Crippen LogP contribution in [0.4, 0.5) is 5.69 Å². The van der Waals surface area contributed by atoms with Crippen LogP contribution in [-0.4, -0.2) is 41.9 Å². The first-order valence-electron chi connectivity index (χ1n) is 8.43. The third kappa shape index (κ3) is 6.84. The zero-order chi connectivity index (χ0) is 18.6. The van der Waals surface area contributed by atoms with Gasteiger partial charge in [0.15, 0.2) is 0 Å². The molecule has 1 aromatic carbocycles. The van der Waals surface area contributed by atoms with Crippen LogP contribution in [0, 0.1) is 5.92 Å². The number of carbonyl (C=O) groups is 2. The maximum atomic E-state index is 12.4. The Hall–Kier alpha value is -1.30. The van der Waals surface area contributed by atoms with Crippen LogP contribution in [0.25, 0.3) is 0 Å². The molecule has 5 nitrogen and oxygen atoms in total. The minimum Gasteiger partial charge on any atom is -0.350 e. The molecule has 0 bridgehead atoms. The quantitative estimate of drug-likeness (QED) is 0.832. The van der Waals surface area contributed by atoms with E-state index in [1.165, 1.54) is 0 Å². The Morgan fingerprint density at radius 3 is 2.20 bits per heavy atom. The molecule has 1 heterocycles. The van der Waals surface area contributed by atoms with Crippen molar-refractivity contribution >= 4 is 40.7 Å². The van der Waals surface area contributed by atoms with Crippen molar-refractivity contribution < 1.29 is 9.59 Å². The molecule has 1 aliphatic rings. The number of benzene rings is 1. The van der Waals surface area contributed by atoms with E-state index in [1.54, 1.807) is 18.2 Å². The molecule has 0 spiro atoms. The molecular formula is C18H25Cl2N3O2. The van der Waals surface area contributed by atoms with Crippen LogP contribution >= 0.6 is 23.2 Å². The highest BCUT2D eigenvalue weighted by Crippen LogP contribution is 2.24. The Morgan fingerprint density at radius 1 is 1.12 bits per heavy atom. The minimum atomic E-state index is -0.229. The second-order valence-electron chi connectivity index (χ2n) is 7.50. The van der Waals surface area contributed by atoms with Crippen LogP contribution in [0.15, 0.2) is 18.2 Å². The van der Waals surface area contributed by atoms with Crippen molar-refractivity contribution in [1.29, 1.82) is 0 Å². The van der Waals surface area contributed by atoms with Crippen molar-refractivity contribution in [2.45, 2.75) is 39.2 Å². The predicted octanol–water partition coefficient (Wildman–Crippen LogP) is 3.56. The molecule has 2 N–H and O–H groups in total. The molecule has 1 aromatic rings. The Morgan fingerprint density at radius 2 is 1.68 bits per heavy atom. The molecule has 0 aliphatic carbocycles. The van der Waals surface area contributed by atoms with Gasteiger partial charge in [0, 0.05) is 27.2 Å². The molecule has 1 aliphatic heterocycles. The maximum absolute atomic E-state index is 12.4. The van der Waals surface area contributed by atoms with E-state index in [9.17, 15) is 9.59 Å². The summed E-state index contributed by atoms with van der Waals surface area (Å²) in [5.41, 5.74) is 0.377. The van der Waals surface area contributed by atoms with E-state index in [0.717, 1.165) is 25.9 Å². The summed E-state index contributed by atoms with van der Waals surface area (Å²) < 4.78 is 0. The summed E-state index contributed by atoms with van der Waals surface area (Å²) in [6, 6.07) is 4.98. The molecular weight excluding hydrogens is 361 g/mol. The number of carbonyl (C=O) groups excluding carboxylic acids is 2. The number of hydrogen-bond acceptors (Lipinski definition) is 3. The number of anilines is 1. The van der Waals surface area contributed by atoms with Gasteiger partial charge in [0.05, 0.1) is 6.54 Å². The number of nitrogens with zero attached hydrogens (tertiary/aromatic N) is 1. The number of halogens is 2. The lowest BCUT2D eigenvalue weighted by atomic mass is 9.95. The molecule has 0 saturated carbocycles. The largest absolute Gasteiger partial charge is 0.350 e. The van der Waals surface area contributed by atoms with Crippen molar-refractivity contribution in [3.05, 3.63) is 28.2 Å². The zero-order valence-corrected chi connectivity index (χ0v) is 16.4. The highest BCUT2D eigenvalue weighted by atomic mass is 35.5. The Labute approximate surface area is 159 Å². The Balaban J connectivity index is 1.81. The van der Waals surface area contributed by atoms with Crippen LogP contribution in [-0.2, 0) is 9.59 Å². The Bertz CT molecular complexity index is 615. The third-order valence-corrected chi connectivity index (χ3v) is 4.41. The van der Waals surface area contributed by atoms with Gasteiger partial charge < -0.3 is 10.6 Å². The first-order valence-corrected chi connectivity index (χ1v) is 9.18. The average molecular weight is 386 g/mol. The zero-order valence-electron chi connectivity index (χ0n) is 14.9. The average Bonchev–Trinajstić information content (AvgIpc) is 2.44. The SMILES string of the molecule is CC(C)(C)NC(=O)CN1CCC(C(=O)Nc2cc(Cl)cc(Cl)c2)CC1. The van der Waals surface area contributed by atoms with Gasteiger partial charge in [0.25, 0.3) is 0 Å². The lowest BCUT2D eigenvalue weighted by Gasteiger charge is -2.31. The molecule has 2 rings (SSSR count). The molecule has 0 aromatic heterocycles. The number of piperidine rings is 1. The standard InChI is InChI=1S/C18H25Cl2N3O2/c1-18(2,3)22-16(24)11-23-6-4-12(5-7-23)17(25)21-15-9-13(19)8-14(20)10-15/h8-10,12H,4-7,11H2,1-3H3,(H,21,25)(H,22,24). The van der Waals surface area contributed by atoms with Crippen molar-refractivity contribution in [1.82, 2.24) is 10.2 Å². The van der Waals surface area contributed by atoms with Crippen molar-refractivity contribution in [3.63, 3.8) is 0 Å². The van der Waals surface area contributed by atoms with Crippen LogP contribution in [0.3, 0.4) is 0 Å². The van der Waals surface area contributed by atoms with Gasteiger partial charge in [-0.25, -0.2) is 0 Å². The van der Waals surface area contributed by atoms with Crippen LogP contribution in [0.2, 0.25) is 10.0 Å². The summed E-state index contributed by atoms with van der Waals surface area (Å²) in [5.74, 6) is -0.0826. The van der Waals surface area contributed by atoms with E-state index < -0.39 is 0 Å². The molecule has 1 saturated heterocycles. The van der Waals surface area contributed by atoms with E-state index in [0.29, 0.717) is 22.3 Å². The van der Waals surface area contributed by atoms with E-state index >= 15 is 0 Å². The fourth-order valence-corrected chi connectivity index (χ4v) is 3.41. The van der Waals surface area contributed by atoms with Gasteiger partial charge in [0.2, 0.25) is 11.8 Å². The maximum Gasteiger partial charge on any atom is 0.234 e. The van der Waals surface area contributed by atoms with Gasteiger partial charge in [-0.05, 0) is 64.9 Å². The summed E-state index contributed by atoms with van der Waals surface area (Å²) in [5, 5.41) is 6.81. The van der Waals surface area contributed by atoms with Crippen LogP contribution < -0.4 is 10.6 Å².